The third-order valence-electron chi connectivity index (χ3n) is 3.60. The highest BCUT2D eigenvalue weighted by atomic mass is 79.9. The molecule has 0 amide bonds. The molecule has 0 aliphatic heterocycles. The lowest BCUT2D eigenvalue weighted by Crippen LogP contribution is -2.11. The van der Waals surface area contributed by atoms with Crippen LogP contribution < -0.4 is 4.74 Å². The van der Waals surface area contributed by atoms with Gasteiger partial charge in [-0.05, 0) is 65.7 Å². The van der Waals surface area contributed by atoms with Crippen molar-refractivity contribution in [3.63, 3.8) is 0 Å². The largest absolute Gasteiger partial charge is 0.506 e. The molecule has 0 heterocycles. The van der Waals surface area contributed by atoms with Gasteiger partial charge in [-0.2, -0.15) is 0 Å². The van der Waals surface area contributed by atoms with Crippen LogP contribution in [-0.2, 0) is 9.53 Å². The molecule has 0 atom stereocenters. The number of rotatable bonds is 6. The Balaban J connectivity index is 2.57. The zero-order valence-corrected chi connectivity index (χ0v) is 17.5. The first-order chi connectivity index (χ1) is 12.9. The maximum Gasteiger partial charge on any atom is 0.343 e. The number of aliphatic hydroxyl groups is 1. The number of aliphatic imine (C=N–C) groups is 1. The van der Waals surface area contributed by atoms with Crippen LogP contribution in [0, 0.1) is 6.92 Å². The molecule has 0 aromatic heterocycles. The van der Waals surface area contributed by atoms with Crippen LogP contribution >= 0.6 is 27.5 Å². The number of aryl methyl sites for hydroxylation is 1. The van der Waals surface area contributed by atoms with Crippen molar-refractivity contribution in [2.24, 2.45) is 4.99 Å². The van der Waals surface area contributed by atoms with Gasteiger partial charge < -0.3 is 14.6 Å². The number of halogens is 2. The second-order valence-corrected chi connectivity index (χ2v) is 6.83. The van der Waals surface area contributed by atoms with Crippen LogP contribution in [0.5, 0.6) is 5.75 Å². The normalized spacial score (nSPS) is 12.0. The van der Waals surface area contributed by atoms with Crippen molar-refractivity contribution in [1.82, 2.24) is 0 Å². The number of hydrogen-bond donors (Lipinski definition) is 1. The van der Waals surface area contributed by atoms with Gasteiger partial charge in [0.05, 0.1) is 25.0 Å². The summed E-state index contributed by atoms with van der Waals surface area (Å²) in [7, 11) is 1.46. The molecule has 0 bridgehead atoms. The third kappa shape index (κ3) is 5.34. The maximum absolute atomic E-state index is 12.4. The van der Waals surface area contributed by atoms with E-state index < -0.39 is 5.97 Å². The van der Waals surface area contributed by atoms with Crippen molar-refractivity contribution in [3.8, 4) is 5.75 Å². The minimum absolute atomic E-state index is 0.107. The summed E-state index contributed by atoms with van der Waals surface area (Å²) in [5.74, 6) is -0.674. The summed E-state index contributed by atoms with van der Waals surface area (Å²) < 4.78 is 11.1. The van der Waals surface area contributed by atoms with Crippen molar-refractivity contribution in [2.75, 3.05) is 13.7 Å². The lowest BCUT2D eigenvalue weighted by atomic mass is 10.1. The van der Waals surface area contributed by atoms with E-state index in [1.807, 2.05) is 19.1 Å². The van der Waals surface area contributed by atoms with Gasteiger partial charge in [0.15, 0.2) is 0 Å². The first kappa shape index (κ1) is 21.0. The van der Waals surface area contributed by atoms with Gasteiger partial charge in [-0.1, -0.05) is 17.7 Å². The molecule has 0 aliphatic rings. The lowest BCUT2D eigenvalue weighted by molar-refractivity contribution is -0.137. The fourth-order valence-electron chi connectivity index (χ4n) is 2.28. The monoisotopic (exact) mass is 451 g/mol. The second kappa shape index (κ2) is 9.58. The molecule has 0 radical (unpaired) electrons. The predicted octanol–water partition coefficient (Wildman–Crippen LogP) is 5.65. The summed E-state index contributed by atoms with van der Waals surface area (Å²) in [6.07, 6.45) is 1.27. The van der Waals surface area contributed by atoms with E-state index in [1.165, 1.54) is 19.4 Å². The molecule has 0 aliphatic carbocycles. The molecule has 0 spiro atoms. The molecule has 2 aromatic carbocycles. The summed E-state index contributed by atoms with van der Waals surface area (Å²) >= 11 is 9.46. The zero-order valence-electron chi connectivity index (χ0n) is 15.1. The van der Waals surface area contributed by atoms with E-state index in [-0.39, 0.29) is 23.5 Å². The topological polar surface area (TPSA) is 68.1 Å². The maximum atomic E-state index is 12.4. The highest BCUT2D eigenvalue weighted by molar-refractivity contribution is 9.10. The lowest BCUT2D eigenvalue weighted by Gasteiger charge is -2.11. The van der Waals surface area contributed by atoms with Gasteiger partial charge in [-0.25, -0.2) is 4.79 Å². The van der Waals surface area contributed by atoms with E-state index in [1.54, 1.807) is 25.1 Å². The fourth-order valence-corrected chi connectivity index (χ4v) is 3.05. The molecule has 7 heteroatoms. The molecule has 5 nitrogen and oxygen atoms in total. The number of aliphatic hydroxyl groups excluding tert-OH is 1. The standard InChI is InChI=1S/C20H19BrClNO4/c1-4-27-20(25)15(11-23-17-7-5-12(2)9-16(17)21)19(24)14-10-13(22)6-8-18(14)26-3/h5-11,24H,4H2,1-3H3/b19-15-,23-11?. The molecule has 27 heavy (non-hydrogen) atoms. The van der Waals surface area contributed by atoms with Crippen molar-refractivity contribution >= 4 is 51.2 Å². The Labute approximate surface area is 171 Å². The van der Waals surface area contributed by atoms with Crippen LogP contribution in [0.4, 0.5) is 5.69 Å². The summed E-state index contributed by atoms with van der Waals surface area (Å²) in [5.41, 5.74) is 1.83. The van der Waals surface area contributed by atoms with Gasteiger partial charge in [0.25, 0.3) is 0 Å². The highest BCUT2D eigenvalue weighted by Crippen LogP contribution is 2.30. The smallest absolute Gasteiger partial charge is 0.343 e. The average molecular weight is 453 g/mol. The Bertz CT molecular complexity index is 909. The van der Waals surface area contributed by atoms with E-state index in [0.717, 1.165) is 10.0 Å². The molecule has 2 aromatic rings. The van der Waals surface area contributed by atoms with E-state index in [2.05, 4.69) is 20.9 Å². The summed E-state index contributed by atoms with van der Waals surface area (Å²) in [6, 6.07) is 10.3. The van der Waals surface area contributed by atoms with Crippen molar-refractivity contribution in [1.29, 1.82) is 0 Å². The fraction of sp³-hybridized carbons (Fsp3) is 0.200. The van der Waals surface area contributed by atoms with Crippen molar-refractivity contribution in [3.05, 3.63) is 62.6 Å². The number of methoxy groups -OCH3 is 1. The molecule has 1 N–H and O–H groups in total. The van der Waals surface area contributed by atoms with Gasteiger partial charge in [0.1, 0.15) is 17.1 Å². The number of ether oxygens (including phenoxy) is 2. The molecular formula is C20H19BrClNO4. The minimum atomic E-state index is -0.705. The summed E-state index contributed by atoms with van der Waals surface area (Å²) in [5, 5.41) is 11.1. The second-order valence-electron chi connectivity index (χ2n) is 5.54. The van der Waals surface area contributed by atoms with Gasteiger partial charge in [-0.3, -0.25) is 4.99 Å². The minimum Gasteiger partial charge on any atom is -0.506 e. The molecule has 2 rings (SSSR count). The molecule has 0 saturated carbocycles. The number of esters is 1. The van der Waals surface area contributed by atoms with Crippen LogP contribution in [0.3, 0.4) is 0 Å². The quantitative estimate of drug-likeness (QED) is 0.266. The van der Waals surface area contributed by atoms with Crippen LogP contribution in [-0.4, -0.2) is 31.0 Å². The van der Waals surface area contributed by atoms with Crippen molar-refractivity contribution in [2.45, 2.75) is 13.8 Å². The first-order valence-electron chi connectivity index (χ1n) is 8.11. The molecule has 142 valence electrons. The molecular weight excluding hydrogens is 434 g/mol. The Morgan fingerprint density at radius 3 is 2.67 bits per heavy atom. The van der Waals surface area contributed by atoms with Crippen molar-refractivity contribution < 1.29 is 19.4 Å². The van der Waals surface area contributed by atoms with Crippen LogP contribution in [0.25, 0.3) is 5.76 Å². The average Bonchev–Trinajstić information content (AvgIpc) is 2.63. The SMILES string of the molecule is CCOC(=O)/C(C=Nc1ccc(C)cc1Br)=C(\O)c1cc(Cl)ccc1OC. The predicted molar refractivity (Wildman–Crippen MR) is 111 cm³/mol. The van der Waals surface area contributed by atoms with E-state index in [0.29, 0.717) is 16.5 Å². The first-order valence-corrected chi connectivity index (χ1v) is 9.29. The number of carbonyl (C=O) groups excluding carboxylic acids is 1. The van der Waals surface area contributed by atoms with Crippen LogP contribution in [0.1, 0.15) is 18.1 Å². The van der Waals surface area contributed by atoms with E-state index >= 15 is 0 Å². The number of nitrogens with zero attached hydrogens (tertiary/aromatic N) is 1. The Morgan fingerprint density at radius 2 is 2.04 bits per heavy atom. The summed E-state index contributed by atoms with van der Waals surface area (Å²) in [6.45, 7) is 3.80. The molecule has 0 fully saturated rings. The Kier molecular flexibility index (Phi) is 7.45. The molecule has 0 saturated heterocycles. The van der Waals surface area contributed by atoms with E-state index in [4.69, 9.17) is 21.1 Å². The van der Waals surface area contributed by atoms with Gasteiger partial charge in [-0.15, -0.1) is 0 Å². The molecule has 0 unspecified atom stereocenters. The summed E-state index contributed by atoms with van der Waals surface area (Å²) in [4.78, 5) is 16.7. The Hall–Kier alpha value is -2.31. The van der Waals surface area contributed by atoms with Crippen LogP contribution in [0.2, 0.25) is 5.02 Å². The van der Waals surface area contributed by atoms with Gasteiger partial charge >= 0.3 is 5.97 Å². The van der Waals surface area contributed by atoms with Gasteiger partial charge in [0, 0.05) is 15.7 Å². The number of hydrogen-bond acceptors (Lipinski definition) is 5. The Morgan fingerprint density at radius 1 is 1.30 bits per heavy atom. The van der Waals surface area contributed by atoms with Gasteiger partial charge in [0.2, 0.25) is 0 Å². The third-order valence-corrected chi connectivity index (χ3v) is 4.47. The van der Waals surface area contributed by atoms with Crippen LogP contribution in [0.15, 0.2) is 51.4 Å². The number of benzene rings is 2. The van der Waals surface area contributed by atoms with E-state index in [9.17, 15) is 9.90 Å². The zero-order chi connectivity index (χ0) is 20.0. The highest BCUT2D eigenvalue weighted by Gasteiger charge is 2.19. The number of carbonyl (C=O) groups is 1.